The summed E-state index contributed by atoms with van der Waals surface area (Å²) in [7, 11) is 0. The Balaban J connectivity index is 1.33. The van der Waals surface area contributed by atoms with Gasteiger partial charge in [0, 0.05) is 25.8 Å². The summed E-state index contributed by atoms with van der Waals surface area (Å²) in [5.41, 5.74) is 3.62. The predicted octanol–water partition coefficient (Wildman–Crippen LogP) is 0.346. The number of nitrogens with zero attached hydrogens (tertiary/aromatic N) is 5. The molecule has 124 valence electrons. The third-order valence-electron chi connectivity index (χ3n) is 4.37. The van der Waals surface area contributed by atoms with Crippen LogP contribution < -0.4 is 5.32 Å². The van der Waals surface area contributed by atoms with E-state index in [4.69, 9.17) is 0 Å². The Hall–Kier alpha value is -2.74. The van der Waals surface area contributed by atoms with Crippen molar-refractivity contribution >= 4 is 11.9 Å². The van der Waals surface area contributed by atoms with Crippen LogP contribution in [0, 0.1) is 0 Å². The lowest BCUT2D eigenvalue weighted by molar-refractivity contribution is -0.125. The van der Waals surface area contributed by atoms with Gasteiger partial charge in [-0.3, -0.25) is 19.3 Å². The molecule has 2 aromatic rings. The minimum absolute atomic E-state index is 0.0803. The smallest absolute Gasteiger partial charge is 0.324 e. The summed E-state index contributed by atoms with van der Waals surface area (Å²) < 4.78 is 1.68. The van der Waals surface area contributed by atoms with Crippen LogP contribution in [-0.4, -0.2) is 49.8 Å². The number of amides is 3. The molecular formula is C16H18N6O2. The number of carbonyl (C=O) groups is 2. The van der Waals surface area contributed by atoms with E-state index < -0.39 is 0 Å². The predicted molar refractivity (Wildman–Crippen MR) is 84.5 cm³/mol. The molecule has 24 heavy (non-hydrogen) atoms. The molecule has 1 aromatic heterocycles. The van der Waals surface area contributed by atoms with Gasteiger partial charge in [-0.15, -0.1) is 5.10 Å². The second-order valence-corrected chi connectivity index (χ2v) is 6.09. The number of nitrogens with one attached hydrogen (secondary N) is 1. The van der Waals surface area contributed by atoms with Crippen LogP contribution >= 0.6 is 0 Å². The molecule has 0 radical (unpaired) electrons. The fourth-order valence-corrected chi connectivity index (χ4v) is 3.15. The number of fused-ring (bicyclic) bond motifs is 1. The number of carbonyl (C=O) groups excluding carboxylic acids is 2. The van der Waals surface area contributed by atoms with Crippen LogP contribution in [0.25, 0.3) is 0 Å². The van der Waals surface area contributed by atoms with Gasteiger partial charge in [-0.1, -0.05) is 29.5 Å². The lowest BCUT2D eigenvalue weighted by Gasteiger charge is -2.12. The van der Waals surface area contributed by atoms with E-state index >= 15 is 0 Å². The first-order valence-electron chi connectivity index (χ1n) is 7.95. The van der Waals surface area contributed by atoms with Crippen molar-refractivity contribution in [2.24, 2.45) is 0 Å². The lowest BCUT2D eigenvalue weighted by atomic mass is 10.1. The fraction of sp³-hybridized carbons (Fsp3) is 0.375. The van der Waals surface area contributed by atoms with Crippen LogP contribution in [0.5, 0.6) is 0 Å². The maximum Gasteiger partial charge on any atom is 0.324 e. The summed E-state index contributed by atoms with van der Waals surface area (Å²) in [4.78, 5) is 26.6. The number of rotatable bonds is 5. The molecule has 4 rings (SSSR count). The van der Waals surface area contributed by atoms with Gasteiger partial charge >= 0.3 is 6.03 Å². The van der Waals surface area contributed by atoms with E-state index in [9.17, 15) is 9.59 Å². The standard InChI is InChI=1S/C16H18N6O2/c23-15-7-17-16(24)22(15)6-5-21-11-14(18-19-21)10-20-8-12-3-1-2-4-13(12)9-20/h1-4,11H,5-10H2,(H,17,24). The average molecular weight is 326 g/mol. The third kappa shape index (κ3) is 2.88. The van der Waals surface area contributed by atoms with E-state index in [2.05, 4.69) is 44.8 Å². The summed E-state index contributed by atoms with van der Waals surface area (Å²) >= 11 is 0. The normalized spacial score (nSPS) is 17.4. The van der Waals surface area contributed by atoms with Crippen LogP contribution in [0.1, 0.15) is 16.8 Å². The summed E-state index contributed by atoms with van der Waals surface area (Å²) in [5, 5.41) is 10.8. The monoisotopic (exact) mass is 326 g/mol. The summed E-state index contributed by atoms with van der Waals surface area (Å²) in [6, 6.07) is 8.10. The Morgan fingerprint density at radius 1 is 1.08 bits per heavy atom. The fourth-order valence-electron chi connectivity index (χ4n) is 3.15. The quantitative estimate of drug-likeness (QED) is 0.802. The maximum atomic E-state index is 11.5. The van der Waals surface area contributed by atoms with Crippen LogP contribution in [0.4, 0.5) is 4.79 Å². The molecule has 1 saturated heterocycles. The van der Waals surface area contributed by atoms with Crippen molar-refractivity contribution in [1.82, 2.24) is 30.1 Å². The van der Waals surface area contributed by atoms with Crippen LogP contribution in [0.3, 0.4) is 0 Å². The molecule has 0 saturated carbocycles. The number of benzene rings is 1. The van der Waals surface area contributed by atoms with E-state index in [-0.39, 0.29) is 18.5 Å². The van der Waals surface area contributed by atoms with Crippen molar-refractivity contribution in [2.45, 2.75) is 26.2 Å². The van der Waals surface area contributed by atoms with E-state index in [0.29, 0.717) is 13.1 Å². The molecule has 1 fully saturated rings. The highest BCUT2D eigenvalue weighted by molar-refractivity contribution is 6.01. The molecule has 0 unspecified atom stereocenters. The topological polar surface area (TPSA) is 83.4 Å². The molecule has 1 N–H and O–H groups in total. The molecular weight excluding hydrogens is 308 g/mol. The van der Waals surface area contributed by atoms with Crippen LogP contribution in [-0.2, 0) is 31.0 Å². The van der Waals surface area contributed by atoms with Gasteiger partial charge in [0.15, 0.2) is 0 Å². The Labute approximate surface area is 139 Å². The first-order chi connectivity index (χ1) is 11.7. The highest BCUT2D eigenvalue weighted by Gasteiger charge is 2.28. The molecule has 0 aliphatic carbocycles. The van der Waals surface area contributed by atoms with Gasteiger partial charge in [-0.05, 0) is 11.1 Å². The molecule has 2 aliphatic rings. The Morgan fingerprint density at radius 3 is 2.50 bits per heavy atom. The molecule has 8 nitrogen and oxygen atoms in total. The van der Waals surface area contributed by atoms with E-state index in [1.54, 1.807) is 4.68 Å². The first kappa shape index (κ1) is 14.8. The SMILES string of the molecule is O=C1CNC(=O)N1CCn1cc(CN2Cc3ccccc3C2)nn1. The Bertz CT molecular complexity index is 745. The molecule has 3 amide bonds. The second kappa shape index (κ2) is 6.04. The average Bonchev–Trinajstić information content (AvgIpc) is 3.26. The van der Waals surface area contributed by atoms with Gasteiger partial charge in [0.2, 0.25) is 5.91 Å². The van der Waals surface area contributed by atoms with Gasteiger partial charge in [0.1, 0.15) is 0 Å². The molecule has 0 spiro atoms. The second-order valence-electron chi connectivity index (χ2n) is 6.09. The maximum absolute atomic E-state index is 11.5. The number of aromatic nitrogens is 3. The Morgan fingerprint density at radius 2 is 1.83 bits per heavy atom. The van der Waals surface area contributed by atoms with E-state index in [1.165, 1.54) is 16.0 Å². The van der Waals surface area contributed by atoms with Gasteiger partial charge in [0.25, 0.3) is 0 Å². The summed E-state index contributed by atoms with van der Waals surface area (Å²) in [6.45, 7) is 3.42. The number of imide groups is 1. The summed E-state index contributed by atoms with van der Waals surface area (Å²) in [6.07, 6.45) is 1.88. The number of urea groups is 1. The lowest BCUT2D eigenvalue weighted by Crippen LogP contribution is -2.33. The zero-order valence-corrected chi connectivity index (χ0v) is 13.2. The number of hydrogen-bond acceptors (Lipinski definition) is 5. The van der Waals surface area contributed by atoms with Gasteiger partial charge < -0.3 is 5.32 Å². The van der Waals surface area contributed by atoms with Crippen LogP contribution in [0.15, 0.2) is 30.5 Å². The highest BCUT2D eigenvalue weighted by atomic mass is 16.2. The van der Waals surface area contributed by atoms with Crippen LogP contribution in [0.2, 0.25) is 0 Å². The van der Waals surface area contributed by atoms with Crippen molar-refractivity contribution < 1.29 is 9.59 Å². The molecule has 8 heteroatoms. The van der Waals surface area contributed by atoms with Crippen molar-refractivity contribution in [3.8, 4) is 0 Å². The first-order valence-corrected chi connectivity index (χ1v) is 7.95. The minimum Gasteiger partial charge on any atom is -0.329 e. The summed E-state index contributed by atoms with van der Waals surface area (Å²) in [5.74, 6) is -0.199. The highest BCUT2D eigenvalue weighted by Crippen LogP contribution is 2.23. The van der Waals surface area contributed by atoms with Gasteiger partial charge in [-0.25, -0.2) is 4.79 Å². The Kier molecular flexibility index (Phi) is 3.73. The molecule has 3 heterocycles. The minimum atomic E-state index is -0.338. The molecule has 0 bridgehead atoms. The van der Waals surface area contributed by atoms with Gasteiger partial charge in [0.05, 0.1) is 25.3 Å². The van der Waals surface area contributed by atoms with E-state index in [1.807, 2.05) is 6.20 Å². The van der Waals surface area contributed by atoms with Crippen molar-refractivity contribution in [1.29, 1.82) is 0 Å². The van der Waals surface area contributed by atoms with Crippen molar-refractivity contribution in [2.75, 3.05) is 13.1 Å². The molecule has 0 atom stereocenters. The van der Waals surface area contributed by atoms with Crippen molar-refractivity contribution in [3.63, 3.8) is 0 Å². The zero-order chi connectivity index (χ0) is 16.5. The molecule has 2 aliphatic heterocycles. The third-order valence-corrected chi connectivity index (χ3v) is 4.37. The largest absolute Gasteiger partial charge is 0.329 e. The molecule has 1 aromatic carbocycles. The van der Waals surface area contributed by atoms with E-state index in [0.717, 1.165) is 25.3 Å². The zero-order valence-electron chi connectivity index (χ0n) is 13.2. The van der Waals surface area contributed by atoms with Gasteiger partial charge in [-0.2, -0.15) is 0 Å². The van der Waals surface area contributed by atoms with Crippen molar-refractivity contribution in [3.05, 3.63) is 47.3 Å². The number of hydrogen-bond donors (Lipinski definition) is 1.